The van der Waals surface area contributed by atoms with Gasteiger partial charge in [0.05, 0.1) is 5.52 Å². The molecule has 0 saturated heterocycles. The van der Waals surface area contributed by atoms with Crippen molar-refractivity contribution >= 4 is 45.0 Å². The van der Waals surface area contributed by atoms with Crippen LogP contribution < -0.4 is 0 Å². The van der Waals surface area contributed by atoms with Gasteiger partial charge in [-0.3, -0.25) is 0 Å². The molecule has 0 saturated carbocycles. The van der Waals surface area contributed by atoms with E-state index in [1.165, 1.54) is 5.39 Å². The molecule has 134 valence electrons. The molecule has 4 aromatic rings. The molecule has 1 N–H and O–H groups in total. The highest BCUT2D eigenvalue weighted by atomic mass is 35.5. The first kappa shape index (κ1) is 17.5. The van der Waals surface area contributed by atoms with E-state index in [-0.39, 0.29) is 0 Å². The Labute approximate surface area is 162 Å². The fourth-order valence-corrected chi connectivity index (χ4v) is 3.82. The third-order valence-electron chi connectivity index (χ3n) is 4.85. The van der Waals surface area contributed by atoms with Crippen molar-refractivity contribution in [3.63, 3.8) is 0 Å². The summed E-state index contributed by atoms with van der Waals surface area (Å²) in [5, 5.41) is 14.3. The minimum atomic E-state index is -0.540. The maximum Gasteiger partial charge on any atom is 0.130 e. The van der Waals surface area contributed by atoms with Gasteiger partial charge in [-0.2, -0.15) is 0 Å². The second-order valence-corrected chi connectivity index (χ2v) is 7.49. The predicted octanol–water partition coefficient (Wildman–Crippen LogP) is 6.26. The Morgan fingerprint density at radius 1 is 0.808 bits per heavy atom. The van der Waals surface area contributed by atoms with Crippen LogP contribution in [0.15, 0.2) is 60.9 Å². The van der Waals surface area contributed by atoms with Crippen molar-refractivity contribution in [1.82, 2.24) is 9.13 Å². The first-order valence-corrected chi connectivity index (χ1v) is 9.56. The van der Waals surface area contributed by atoms with Gasteiger partial charge in [0.1, 0.15) is 6.23 Å². The summed E-state index contributed by atoms with van der Waals surface area (Å²) in [6.45, 7) is 0.912. The number of aliphatic hydroxyl groups is 1. The van der Waals surface area contributed by atoms with Crippen LogP contribution in [0.5, 0.6) is 0 Å². The van der Waals surface area contributed by atoms with Crippen molar-refractivity contribution < 1.29 is 5.11 Å². The zero-order chi connectivity index (χ0) is 18.1. The van der Waals surface area contributed by atoms with Gasteiger partial charge in [0, 0.05) is 34.5 Å². The molecule has 0 aliphatic heterocycles. The van der Waals surface area contributed by atoms with E-state index in [0.717, 1.165) is 40.8 Å². The maximum atomic E-state index is 10.6. The molecule has 1 atom stereocenters. The van der Waals surface area contributed by atoms with E-state index < -0.39 is 6.23 Å². The average molecular weight is 387 g/mol. The van der Waals surface area contributed by atoms with Crippen LogP contribution in [0.1, 0.15) is 25.5 Å². The summed E-state index contributed by atoms with van der Waals surface area (Å²) < 4.78 is 4.12. The van der Waals surface area contributed by atoms with E-state index >= 15 is 0 Å². The lowest BCUT2D eigenvalue weighted by Crippen LogP contribution is -2.07. The number of aryl methyl sites for hydroxylation is 1. The number of aromatic nitrogens is 2. The van der Waals surface area contributed by atoms with Crippen LogP contribution in [-0.4, -0.2) is 14.2 Å². The molecule has 2 heterocycles. The first-order chi connectivity index (χ1) is 12.6. The molecule has 0 spiro atoms. The van der Waals surface area contributed by atoms with E-state index in [4.69, 9.17) is 23.2 Å². The summed E-state index contributed by atoms with van der Waals surface area (Å²) in [7, 11) is 0. The smallest absolute Gasteiger partial charge is 0.130 e. The molecule has 0 aliphatic rings. The van der Waals surface area contributed by atoms with Gasteiger partial charge in [-0.1, -0.05) is 35.3 Å². The van der Waals surface area contributed by atoms with Gasteiger partial charge in [-0.05, 0) is 66.4 Å². The highest BCUT2D eigenvalue weighted by Gasteiger charge is 2.10. The molecule has 2 aromatic carbocycles. The maximum absolute atomic E-state index is 10.6. The monoisotopic (exact) mass is 386 g/mol. The van der Waals surface area contributed by atoms with Crippen LogP contribution in [0.2, 0.25) is 10.0 Å². The van der Waals surface area contributed by atoms with Gasteiger partial charge in [0.15, 0.2) is 0 Å². The SMILES string of the molecule is OC(CCCCn1ccc2ccc(Cl)cc21)n1ccc2ccc(Cl)cc21. The van der Waals surface area contributed by atoms with Crippen LogP contribution in [0.4, 0.5) is 0 Å². The molecular formula is C21H20Cl2N2O. The summed E-state index contributed by atoms with van der Waals surface area (Å²) in [6, 6.07) is 15.8. The second-order valence-electron chi connectivity index (χ2n) is 6.61. The van der Waals surface area contributed by atoms with E-state index in [1.807, 2.05) is 53.2 Å². The normalized spacial score (nSPS) is 12.9. The molecule has 4 rings (SSSR count). The summed E-state index contributed by atoms with van der Waals surface area (Å²) in [6.07, 6.45) is 6.11. The molecule has 0 radical (unpaired) electrons. The Kier molecular flexibility index (Phi) is 4.94. The fourth-order valence-electron chi connectivity index (χ4n) is 3.48. The lowest BCUT2D eigenvalue weighted by molar-refractivity contribution is 0.0958. The highest BCUT2D eigenvalue weighted by molar-refractivity contribution is 6.31. The lowest BCUT2D eigenvalue weighted by Gasteiger charge is -2.14. The molecular weight excluding hydrogens is 367 g/mol. The van der Waals surface area contributed by atoms with Crippen molar-refractivity contribution in [2.24, 2.45) is 0 Å². The number of unbranched alkanes of at least 4 members (excludes halogenated alkanes) is 1. The van der Waals surface area contributed by atoms with Crippen molar-refractivity contribution in [2.75, 3.05) is 0 Å². The summed E-state index contributed by atoms with van der Waals surface area (Å²) in [5.41, 5.74) is 2.13. The Morgan fingerprint density at radius 2 is 1.46 bits per heavy atom. The molecule has 0 aliphatic carbocycles. The van der Waals surface area contributed by atoms with E-state index in [0.29, 0.717) is 11.4 Å². The standard InChI is InChI=1S/C21H20Cl2N2O/c22-17-6-4-15-8-11-24(19(15)13-17)10-2-1-3-21(26)25-12-9-16-5-7-18(23)14-20(16)25/h4-9,11-14,21,26H,1-3,10H2. The Bertz CT molecular complexity index is 1050. The van der Waals surface area contributed by atoms with Gasteiger partial charge < -0.3 is 14.2 Å². The molecule has 5 heteroatoms. The molecule has 3 nitrogen and oxygen atoms in total. The average Bonchev–Trinajstić information content (AvgIpc) is 3.22. The minimum Gasteiger partial charge on any atom is -0.373 e. The number of halogens is 2. The van der Waals surface area contributed by atoms with Crippen molar-refractivity contribution in [1.29, 1.82) is 0 Å². The number of hydrogen-bond donors (Lipinski definition) is 1. The van der Waals surface area contributed by atoms with E-state index in [1.54, 1.807) is 0 Å². The molecule has 0 amide bonds. The van der Waals surface area contributed by atoms with Crippen LogP contribution in [0, 0.1) is 0 Å². The van der Waals surface area contributed by atoms with Crippen LogP contribution in [0.3, 0.4) is 0 Å². The largest absolute Gasteiger partial charge is 0.373 e. The highest BCUT2D eigenvalue weighted by Crippen LogP contribution is 2.25. The zero-order valence-corrected chi connectivity index (χ0v) is 15.8. The van der Waals surface area contributed by atoms with E-state index in [2.05, 4.69) is 16.8 Å². The van der Waals surface area contributed by atoms with Crippen molar-refractivity contribution in [2.45, 2.75) is 32.0 Å². The summed E-state index contributed by atoms with van der Waals surface area (Å²) in [5.74, 6) is 0. The molecule has 0 fully saturated rings. The molecule has 2 aromatic heterocycles. The van der Waals surface area contributed by atoms with Crippen LogP contribution in [-0.2, 0) is 6.54 Å². The summed E-state index contributed by atoms with van der Waals surface area (Å²) >= 11 is 12.2. The Morgan fingerprint density at radius 3 is 2.23 bits per heavy atom. The Balaban J connectivity index is 1.38. The fraction of sp³-hybridized carbons (Fsp3) is 0.238. The van der Waals surface area contributed by atoms with Crippen molar-refractivity contribution in [3.8, 4) is 0 Å². The molecule has 26 heavy (non-hydrogen) atoms. The molecule has 1 unspecified atom stereocenters. The number of hydrogen-bond acceptors (Lipinski definition) is 1. The van der Waals surface area contributed by atoms with Crippen molar-refractivity contribution in [3.05, 3.63) is 71.0 Å². The quantitative estimate of drug-likeness (QED) is 0.389. The number of benzene rings is 2. The zero-order valence-electron chi connectivity index (χ0n) is 14.3. The van der Waals surface area contributed by atoms with Gasteiger partial charge in [-0.15, -0.1) is 0 Å². The summed E-state index contributed by atoms with van der Waals surface area (Å²) in [4.78, 5) is 0. The lowest BCUT2D eigenvalue weighted by atomic mass is 10.2. The number of aliphatic hydroxyl groups excluding tert-OH is 1. The van der Waals surface area contributed by atoms with Gasteiger partial charge in [0.2, 0.25) is 0 Å². The topological polar surface area (TPSA) is 30.1 Å². The Hall–Kier alpha value is -1.94. The van der Waals surface area contributed by atoms with Gasteiger partial charge in [0.25, 0.3) is 0 Å². The van der Waals surface area contributed by atoms with Crippen LogP contribution in [0.25, 0.3) is 21.8 Å². The number of nitrogens with zero attached hydrogens (tertiary/aromatic N) is 2. The van der Waals surface area contributed by atoms with Gasteiger partial charge in [-0.25, -0.2) is 0 Å². The third kappa shape index (κ3) is 3.48. The second kappa shape index (κ2) is 7.36. The third-order valence-corrected chi connectivity index (χ3v) is 5.32. The van der Waals surface area contributed by atoms with Gasteiger partial charge >= 0.3 is 0 Å². The number of fused-ring (bicyclic) bond motifs is 2. The molecule has 0 bridgehead atoms. The number of rotatable bonds is 6. The van der Waals surface area contributed by atoms with E-state index in [9.17, 15) is 5.11 Å². The van der Waals surface area contributed by atoms with Crippen LogP contribution >= 0.6 is 23.2 Å². The first-order valence-electron chi connectivity index (χ1n) is 8.80. The predicted molar refractivity (Wildman–Crippen MR) is 109 cm³/mol. The minimum absolute atomic E-state index is 0.540.